The van der Waals surface area contributed by atoms with Crippen LogP contribution in [0.3, 0.4) is 0 Å². The van der Waals surface area contributed by atoms with Gasteiger partial charge in [-0.05, 0) is 62.2 Å². The van der Waals surface area contributed by atoms with E-state index in [4.69, 9.17) is 13.9 Å². The highest BCUT2D eigenvalue weighted by atomic mass is 16.5. The number of likely N-dealkylation sites (tertiary alicyclic amines) is 1. The highest BCUT2D eigenvalue weighted by Crippen LogP contribution is 2.43. The Hall–Kier alpha value is -4.53. The minimum atomic E-state index is -0.896. The first-order valence-corrected chi connectivity index (χ1v) is 13.6. The molecular formula is C31H33N3O6. The van der Waals surface area contributed by atoms with E-state index in [9.17, 15) is 14.7 Å². The summed E-state index contributed by atoms with van der Waals surface area (Å²) in [7, 11) is 0. The number of rotatable bonds is 11. The molecule has 40 heavy (non-hydrogen) atoms. The largest absolute Gasteiger partial charge is 0.505 e. The number of fused-ring (bicyclic) bond motifs is 1. The van der Waals surface area contributed by atoms with Crippen LogP contribution in [0.5, 0.6) is 11.5 Å². The fourth-order valence-corrected chi connectivity index (χ4v) is 5.10. The predicted molar refractivity (Wildman–Crippen MR) is 149 cm³/mol. The molecule has 0 radical (unpaired) electrons. The van der Waals surface area contributed by atoms with E-state index in [1.54, 1.807) is 47.9 Å². The van der Waals surface area contributed by atoms with Gasteiger partial charge in [-0.1, -0.05) is 31.9 Å². The SMILES string of the molecule is CCCCCOc1ccc(C2/C(=C(\O)c3c(C)nc4ccccn34)C(=O)C(=O)N2Cc2ccco2)cc1OCC. The number of imidazole rings is 1. The molecule has 1 aromatic carbocycles. The zero-order chi connectivity index (χ0) is 28.2. The lowest BCUT2D eigenvalue weighted by molar-refractivity contribution is -0.140. The number of carbonyl (C=O) groups is 2. The van der Waals surface area contributed by atoms with E-state index >= 15 is 0 Å². The van der Waals surface area contributed by atoms with Gasteiger partial charge in [-0.3, -0.25) is 14.0 Å². The van der Waals surface area contributed by atoms with Crippen molar-refractivity contribution in [3.8, 4) is 11.5 Å². The van der Waals surface area contributed by atoms with Crippen LogP contribution < -0.4 is 9.47 Å². The van der Waals surface area contributed by atoms with Crippen LogP contribution >= 0.6 is 0 Å². The minimum absolute atomic E-state index is 0.0237. The molecule has 1 N–H and O–H groups in total. The van der Waals surface area contributed by atoms with Gasteiger partial charge >= 0.3 is 0 Å². The van der Waals surface area contributed by atoms with Crippen molar-refractivity contribution in [3.05, 3.63) is 89.3 Å². The van der Waals surface area contributed by atoms with Crippen molar-refractivity contribution in [2.45, 2.75) is 52.6 Å². The topological polar surface area (TPSA) is 107 Å². The summed E-state index contributed by atoms with van der Waals surface area (Å²) in [6.07, 6.45) is 6.34. The molecule has 1 atom stereocenters. The number of benzene rings is 1. The number of pyridine rings is 1. The number of Topliss-reactive ketones (excluding diaryl/α,β-unsaturated/α-hetero) is 1. The third-order valence-corrected chi connectivity index (χ3v) is 6.96. The Labute approximate surface area is 232 Å². The average Bonchev–Trinajstić information content (AvgIpc) is 3.65. The third-order valence-electron chi connectivity index (χ3n) is 6.96. The van der Waals surface area contributed by atoms with E-state index in [2.05, 4.69) is 11.9 Å². The summed E-state index contributed by atoms with van der Waals surface area (Å²) in [6, 6.07) is 13.4. The van der Waals surface area contributed by atoms with E-state index in [0.717, 1.165) is 19.3 Å². The van der Waals surface area contributed by atoms with Crippen molar-refractivity contribution in [2.24, 2.45) is 0 Å². The quantitative estimate of drug-likeness (QED) is 0.110. The number of aromatic nitrogens is 2. The van der Waals surface area contributed by atoms with Gasteiger partial charge < -0.3 is 23.9 Å². The molecule has 1 fully saturated rings. The van der Waals surface area contributed by atoms with Crippen LogP contribution in [0, 0.1) is 6.92 Å². The molecule has 5 rings (SSSR count). The molecule has 4 heterocycles. The number of nitrogens with zero attached hydrogens (tertiary/aromatic N) is 3. The van der Waals surface area contributed by atoms with Gasteiger partial charge in [0.1, 0.15) is 17.1 Å². The standard InChI is InChI=1S/C31H33N3O6/c1-4-6-9-16-40-23-14-13-21(18-24(23)38-5-2)28-26(30(36)31(37)34(28)19-22-11-10-17-39-22)29(35)27-20(3)32-25-12-7-8-15-33(25)27/h7-8,10-15,17-18,28,35H,4-6,9,16,19H2,1-3H3/b29-26+. The molecule has 1 amide bonds. The van der Waals surface area contributed by atoms with E-state index < -0.39 is 17.7 Å². The molecule has 1 aliphatic rings. The number of hydrogen-bond donors (Lipinski definition) is 1. The molecule has 208 valence electrons. The number of carbonyl (C=O) groups excluding carboxylic acids is 2. The van der Waals surface area contributed by atoms with Gasteiger partial charge in [0.05, 0.1) is 43.3 Å². The van der Waals surface area contributed by atoms with Crippen LogP contribution in [-0.2, 0) is 16.1 Å². The number of aryl methyl sites for hydroxylation is 1. The molecule has 4 aromatic rings. The van der Waals surface area contributed by atoms with Gasteiger partial charge in [-0.25, -0.2) is 4.98 Å². The number of unbranched alkanes of at least 4 members (excludes halogenated alkanes) is 2. The summed E-state index contributed by atoms with van der Waals surface area (Å²) in [5, 5.41) is 11.7. The van der Waals surface area contributed by atoms with Crippen LogP contribution in [0.25, 0.3) is 11.4 Å². The molecule has 9 heteroatoms. The van der Waals surface area contributed by atoms with Gasteiger partial charge in [0.25, 0.3) is 11.7 Å². The Balaban J connectivity index is 1.64. The monoisotopic (exact) mass is 543 g/mol. The summed E-state index contributed by atoms with van der Waals surface area (Å²) in [5.41, 5.74) is 2.08. The summed E-state index contributed by atoms with van der Waals surface area (Å²) < 4.78 is 19.1. The highest BCUT2D eigenvalue weighted by molar-refractivity contribution is 6.46. The number of ketones is 1. The van der Waals surface area contributed by atoms with E-state index in [1.165, 1.54) is 11.2 Å². The lowest BCUT2D eigenvalue weighted by Gasteiger charge is -2.25. The fourth-order valence-electron chi connectivity index (χ4n) is 5.10. The molecule has 0 saturated carbocycles. The zero-order valence-corrected chi connectivity index (χ0v) is 22.9. The van der Waals surface area contributed by atoms with Gasteiger partial charge in [0.2, 0.25) is 0 Å². The Morgan fingerprint density at radius 1 is 1.05 bits per heavy atom. The molecule has 0 spiro atoms. The fraction of sp³-hybridized carbons (Fsp3) is 0.323. The number of furan rings is 1. The maximum absolute atomic E-state index is 13.6. The predicted octanol–water partition coefficient (Wildman–Crippen LogP) is 5.83. The molecule has 1 unspecified atom stereocenters. The lowest BCUT2D eigenvalue weighted by atomic mass is 9.95. The maximum Gasteiger partial charge on any atom is 0.296 e. The molecule has 1 saturated heterocycles. The summed E-state index contributed by atoms with van der Waals surface area (Å²) in [4.78, 5) is 32.9. The minimum Gasteiger partial charge on any atom is -0.505 e. The first-order valence-electron chi connectivity index (χ1n) is 13.6. The first-order chi connectivity index (χ1) is 19.4. The van der Waals surface area contributed by atoms with Gasteiger partial charge in [-0.2, -0.15) is 0 Å². The van der Waals surface area contributed by atoms with Crippen LogP contribution in [-0.4, -0.2) is 44.3 Å². The zero-order valence-electron chi connectivity index (χ0n) is 22.9. The van der Waals surface area contributed by atoms with Crippen molar-refractivity contribution >= 4 is 23.1 Å². The van der Waals surface area contributed by atoms with Crippen LogP contribution in [0.15, 0.2) is 71.0 Å². The van der Waals surface area contributed by atoms with Gasteiger partial charge in [0, 0.05) is 6.20 Å². The number of ether oxygens (including phenoxy) is 2. The highest BCUT2D eigenvalue weighted by Gasteiger charge is 2.47. The molecule has 3 aromatic heterocycles. The van der Waals surface area contributed by atoms with Crippen molar-refractivity contribution < 1.29 is 28.6 Å². The van der Waals surface area contributed by atoms with Crippen molar-refractivity contribution in [1.82, 2.24) is 14.3 Å². The molecule has 0 bridgehead atoms. The summed E-state index contributed by atoms with van der Waals surface area (Å²) in [5.74, 6) is -0.198. The molecular weight excluding hydrogens is 510 g/mol. The van der Waals surface area contributed by atoms with E-state index in [1.807, 2.05) is 25.1 Å². The van der Waals surface area contributed by atoms with Crippen molar-refractivity contribution in [2.75, 3.05) is 13.2 Å². The number of aliphatic hydroxyl groups excluding tert-OH is 1. The smallest absolute Gasteiger partial charge is 0.296 e. The second kappa shape index (κ2) is 11.7. The molecule has 0 aliphatic carbocycles. The Bertz CT molecular complexity index is 1550. The van der Waals surface area contributed by atoms with Crippen molar-refractivity contribution in [3.63, 3.8) is 0 Å². The Morgan fingerprint density at radius 3 is 2.65 bits per heavy atom. The van der Waals surface area contributed by atoms with E-state index in [0.29, 0.717) is 53.1 Å². The van der Waals surface area contributed by atoms with Gasteiger partial charge in [0.15, 0.2) is 17.3 Å². The van der Waals surface area contributed by atoms with Crippen molar-refractivity contribution in [1.29, 1.82) is 0 Å². The Kier molecular flexibility index (Phi) is 7.91. The summed E-state index contributed by atoms with van der Waals surface area (Å²) in [6.45, 7) is 6.77. The summed E-state index contributed by atoms with van der Waals surface area (Å²) >= 11 is 0. The maximum atomic E-state index is 13.6. The average molecular weight is 544 g/mol. The van der Waals surface area contributed by atoms with Crippen LogP contribution in [0.2, 0.25) is 0 Å². The number of amides is 1. The van der Waals surface area contributed by atoms with Gasteiger partial charge in [-0.15, -0.1) is 0 Å². The third kappa shape index (κ3) is 5.06. The Morgan fingerprint density at radius 2 is 1.90 bits per heavy atom. The normalized spacial score (nSPS) is 16.7. The second-order valence-electron chi connectivity index (χ2n) is 9.68. The number of aliphatic hydroxyl groups is 1. The first kappa shape index (κ1) is 27.1. The van der Waals surface area contributed by atoms with E-state index in [-0.39, 0.29) is 17.9 Å². The molecule has 1 aliphatic heterocycles. The molecule has 9 nitrogen and oxygen atoms in total. The van der Waals surface area contributed by atoms with Crippen LogP contribution in [0.4, 0.5) is 0 Å². The second-order valence-corrected chi connectivity index (χ2v) is 9.68. The van der Waals surface area contributed by atoms with Crippen LogP contribution in [0.1, 0.15) is 61.9 Å². The lowest BCUT2D eigenvalue weighted by Crippen LogP contribution is -2.29. The number of hydrogen-bond acceptors (Lipinski definition) is 7.